The van der Waals surface area contributed by atoms with Crippen LogP contribution in [0, 0.1) is 0 Å². The van der Waals surface area contributed by atoms with E-state index in [4.69, 9.17) is 0 Å². The summed E-state index contributed by atoms with van der Waals surface area (Å²) in [4.78, 5) is 26.9. The van der Waals surface area contributed by atoms with Crippen LogP contribution in [-0.4, -0.2) is 72.1 Å². The standard InChI is InChI=1S/C11H19N3O3/c15-9-1-4-14(8-9)11(17)7-10(16)13-5-2-12-3-6-13/h9,12,15H,1-8H2. The maximum absolute atomic E-state index is 11.8. The van der Waals surface area contributed by atoms with Crippen molar-refractivity contribution in [3.8, 4) is 0 Å². The second kappa shape index (κ2) is 5.46. The average Bonchev–Trinajstić information content (AvgIpc) is 2.77. The first-order chi connectivity index (χ1) is 8.16. The molecule has 17 heavy (non-hydrogen) atoms. The van der Waals surface area contributed by atoms with E-state index in [0.29, 0.717) is 32.6 Å². The van der Waals surface area contributed by atoms with Crippen molar-refractivity contribution >= 4 is 11.8 Å². The van der Waals surface area contributed by atoms with Gasteiger partial charge in [0, 0.05) is 39.3 Å². The zero-order chi connectivity index (χ0) is 12.3. The summed E-state index contributed by atoms with van der Waals surface area (Å²) in [6, 6.07) is 0. The fourth-order valence-electron chi connectivity index (χ4n) is 2.24. The molecule has 2 saturated heterocycles. The number of likely N-dealkylation sites (tertiary alicyclic amines) is 1. The molecule has 0 spiro atoms. The molecule has 0 bridgehead atoms. The Hall–Kier alpha value is -1.14. The smallest absolute Gasteiger partial charge is 0.232 e. The highest BCUT2D eigenvalue weighted by Crippen LogP contribution is 2.10. The van der Waals surface area contributed by atoms with E-state index in [-0.39, 0.29) is 18.2 Å². The summed E-state index contributed by atoms with van der Waals surface area (Å²) in [7, 11) is 0. The predicted molar refractivity (Wildman–Crippen MR) is 61.3 cm³/mol. The van der Waals surface area contributed by atoms with Gasteiger partial charge in [-0.25, -0.2) is 0 Å². The lowest BCUT2D eigenvalue weighted by atomic mass is 10.3. The molecule has 1 atom stereocenters. The van der Waals surface area contributed by atoms with E-state index in [1.54, 1.807) is 9.80 Å². The van der Waals surface area contributed by atoms with E-state index in [0.717, 1.165) is 13.1 Å². The van der Waals surface area contributed by atoms with E-state index in [1.165, 1.54) is 0 Å². The van der Waals surface area contributed by atoms with Crippen LogP contribution in [0.5, 0.6) is 0 Å². The molecule has 2 aliphatic heterocycles. The Morgan fingerprint density at radius 3 is 2.35 bits per heavy atom. The Morgan fingerprint density at radius 2 is 1.76 bits per heavy atom. The van der Waals surface area contributed by atoms with Crippen molar-refractivity contribution in [2.75, 3.05) is 39.3 Å². The van der Waals surface area contributed by atoms with Gasteiger partial charge < -0.3 is 20.2 Å². The van der Waals surface area contributed by atoms with Gasteiger partial charge in [-0.2, -0.15) is 0 Å². The van der Waals surface area contributed by atoms with Crippen LogP contribution in [0.3, 0.4) is 0 Å². The van der Waals surface area contributed by atoms with Gasteiger partial charge in [-0.3, -0.25) is 9.59 Å². The Morgan fingerprint density at radius 1 is 1.12 bits per heavy atom. The normalized spacial score (nSPS) is 25.1. The first kappa shape index (κ1) is 12.3. The van der Waals surface area contributed by atoms with Crippen molar-refractivity contribution in [2.24, 2.45) is 0 Å². The Labute approximate surface area is 101 Å². The Bertz CT molecular complexity index is 288. The molecule has 2 amide bonds. The van der Waals surface area contributed by atoms with Crippen molar-refractivity contribution in [2.45, 2.75) is 18.9 Å². The lowest BCUT2D eigenvalue weighted by molar-refractivity contribution is -0.140. The molecule has 6 nitrogen and oxygen atoms in total. The molecule has 2 heterocycles. The molecule has 0 aromatic carbocycles. The maximum atomic E-state index is 11.8. The minimum atomic E-state index is -0.423. The molecule has 0 aromatic heterocycles. The SMILES string of the molecule is O=C(CC(=O)N1CCC(O)C1)N1CCNCC1. The minimum absolute atomic E-state index is 0.0628. The number of hydrogen-bond acceptors (Lipinski definition) is 4. The zero-order valence-corrected chi connectivity index (χ0v) is 9.89. The van der Waals surface area contributed by atoms with Gasteiger partial charge in [-0.15, -0.1) is 0 Å². The van der Waals surface area contributed by atoms with Gasteiger partial charge in [0.05, 0.1) is 6.10 Å². The third-order valence-electron chi connectivity index (χ3n) is 3.29. The van der Waals surface area contributed by atoms with Crippen LogP contribution in [0.1, 0.15) is 12.8 Å². The number of hydrogen-bond donors (Lipinski definition) is 2. The summed E-state index contributed by atoms with van der Waals surface area (Å²) in [5, 5.41) is 12.5. The van der Waals surface area contributed by atoms with Crippen molar-refractivity contribution in [3.63, 3.8) is 0 Å². The van der Waals surface area contributed by atoms with Crippen molar-refractivity contribution in [1.29, 1.82) is 0 Å². The van der Waals surface area contributed by atoms with Crippen molar-refractivity contribution in [3.05, 3.63) is 0 Å². The molecule has 6 heteroatoms. The number of nitrogens with one attached hydrogen (secondary N) is 1. The van der Waals surface area contributed by atoms with Gasteiger partial charge >= 0.3 is 0 Å². The zero-order valence-electron chi connectivity index (χ0n) is 9.89. The summed E-state index contributed by atoms with van der Waals surface area (Å²) in [5.41, 5.74) is 0. The number of carbonyl (C=O) groups excluding carboxylic acids is 2. The fraction of sp³-hybridized carbons (Fsp3) is 0.818. The van der Waals surface area contributed by atoms with E-state index >= 15 is 0 Å². The third kappa shape index (κ3) is 3.17. The molecule has 2 fully saturated rings. The highest BCUT2D eigenvalue weighted by atomic mass is 16.3. The van der Waals surface area contributed by atoms with Crippen LogP contribution in [0.2, 0.25) is 0 Å². The van der Waals surface area contributed by atoms with Gasteiger partial charge in [-0.05, 0) is 6.42 Å². The van der Waals surface area contributed by atoms with Crippen molar-refractivity contribution in [1.82, 2.24) is 15.1 Å². The molecule has 0 aromatic rings. The number of β-amino-alcohol motifs (C(OH)–C–C–N with tert-alkyl or cyclic N) is 1. The number of nitrogens with zero attached hydrogens (tertiary/aromatic N) is 2. The van der Waals surface area contributed by atoms with Crippen LogP contribution < -0.4 is 5.32 Å². The van der Waals surface area contributed by atoms with E-state index in [2.05, 4.69) is 5.32 Å². The van der Waals surface area contributed by atoms with Crippen molar-refractivity contribution < 1.29 is 14.7 Å². The van der Waals surface area contributed by atoms with Gasteiger partial charge in [0.25, 0.3) is 0 Å². The first-order valence-corrected chi connectivity index (χ1v) is 6.11. The number of aliphatic hydroxyl groups excluding tert-OH is 1. The van der Waals surface area contributed by atoms with E-state index in [1.807, 2.05) is 0 Å². The molecule has 0 radical (unpaired) electrons. The molecule has 0 saturated carbocycles. The molecular formula is C11H19N3O3. The molecule has 2 N–H and O–H groups in total. The second-order valence-electron chi connectivity index (χ2n) is 4.59. The number of rotatable bonds is 2. The molecular weight excluding hydrogens is 222 g/mol. The Kier molecular flexibility index (Phi) is 3.96. The minimum Gasteiger partial charge on any atom is -0.391 e. The van der Waals surface area contributed by atoms with E-state index < -0.39 is 6.10 Å². The number of aliphatic hydroxyl groups is 1. The molecule has 2 aliphatic rings. The van der Waals surface area contributed by atoms with Crippen LogP contribution >= 0.6 is 0 Å². The monoisotopic (exact) mass is 241 g/mol. The lowest BCUT2D eigenvalue weighted by Gasteiger charge is -2.28. The van der Waals surface area contributed by atoms with Crippen LogP contribution in [-0.2, 0) is 9.59 Å². The van der Waals surface area contributed by atoms with Gasteiger partial charge in [0.2, 0.25) is 11.8 Å². The average molecular weight is 241 g/mol. The molecule has 2 rings (SSSR count). The van der Waals surface area contributed by atoms with Gasteiger partial charge in [-0.1, -0.05) is 0 Å². The predicted octanol–water partition coefficient (Wildman–Crippen LogP) is -1.60. The topological polar surface area (TPSA) is 72.9 Å². The Balaban J connectivity index is 1.79. The largest absolute Gasteiger partial charge is 0.391 e. The van der Waals surface area contributed by atoms with Crippen LogP contribution in [0.4, 0.5) is 0 Å². The number of amides is 2. The fourth-order valence-corrected chi connectivity index (χ4v) is 2.24. The second-order valence-corrected chi connectivity index (χ2v) is 4.59. The quantitative estimate of drug-likeness (QED) is 0.571. The molecule has 1 unspecified atom stereocenters. The third-order valence-corrected chi connectivity index (χ3v) is 3.29. The van der Waals surface area contributed by atoms with Crippen LogP contribution in [0.25, 0.3) is 0 Å². The highest BCUT2D eigenvalue weighted by molar-refractivity contribution is 5.97. The van der Waals surface area contributed by atoms with E-state index in [9.17, 15) is 14.7 Å². The van der Waals surface area contributed by atoms with Gasteiger partial charge in [0.15, 0.2) is 0 Å². The number of carbonyl (C=O) groups is 2. The maximum Gasteiger partial charge on any atom is 0.232 e. The summed E-state index contributed by atoms with van der Waals surface area (Å²) in [6.45, 7) is 3.87. The highest BCUT2D eigenvalue weighted by Gasteiger charge is 2.27. The molecule has 96 valence electrons. The summed E-state index contributed by atoms with van der Waals surface area (Å²) >= 11 is 0. The molecule has 0 aliphatic carbocycles. The first-order valence-electron chi connectivity index (χ1n) is 6.11. The summed E-state index contributed by atoms with van der Waals surface area (Å²) in [6.07, 6.45) is 0.133. The number of piperazine rings is 1. The van der Waals surface area contributed by atoms with Crippen LogP contribution in [0.15, 0.2) is 0 Å². The summed E-state index contributed by atoms with van der Waals surface area (Å²) < 4.78 is 0. The lowest BCUT2D eigenvalue weighted by Crippen LogP contribution is -2.47. The van der Waals surface area contributed by atoms with Gasteiger partial charge in [0.1, 0.15) is 6.42 Å². The summed E-state index contributed by atoms with van der Waals surface area (Å²) in [5.74, 6) is -0.261.